The first-order chi connectivity index (χ1) is 14.2. The molecule has 0 bridgehead atoms. The van der Waals surface area contributed by atoms with Gasteiger partial charge >= 0.3 is 0 Å². The Kier molecular flexibility index (Phi) is 5.99. The molecule has 0 spiro atoms. The Morgan fingerprint density at radius 1 is 1.13 bits per heavy atom. The van der Waals surface area contributed by atoms with E-state index in [1.807, 2.05) is 0 Å². The average Bonchev–Trinajstić information content (AvgIpc) is 3.21. The van der Waals surface area contributed by atoms with Gasteiger partial charge in [0.2, 0.25) is 21.7 Å². The van der Waals surface area contributed by atoms with Crippen molar-refractivity contribution in [2.24, 2.45) is 0 Å². The van der Waals surface area contributed by atoms with E-state index < -0.39 is 14.9 Å². The number of aromatic nitrogens is 2. The number of nitrogens with zero attached hydrogens (tertiary/aromatic N) is 3. The summed E-state index contributed by atoms with van der Waals surface area (Å²) < 4.78 is 43.0. The van der Waals surface area contributed by atoms with Crippen LogP contribution in [0.1, 0.15) is 11.5 Å². The highest BCUT2D eigenvalue weighted by Crippen LogP contribution is 2.31. The number of benzene rings is 2. The van der Waals surface area contributed by atoms with E-state index in [0.29, 0.717) is 22.6 Å². The summed E-state index contributed by atoms with van der Waals surface area (Å²) in [5.41, 5.74) is 0.624. The van der Waals surface area contributed by atoms with E-state index in [2.05, 4.69) is 14.9 Å². The molecule has 0 unspecified atom stereocenters. The first kappa shape index (κ1) is 21.2. The van der Waals surface area contributed by atoms with Crippen LogP contribution in [0.2, 0.25) is 0 Å². The van der Waals surface area contributed by atoms with Gasteiger partial charge in [-0.2, -0.15) is 4.98 Å². The van der Waals surface area contributed by atoms with E-state index in [4.69, 9.17) is 14.0 Å². The molecule has 0 aliphatic rings. The smallest absolute Gasteiger partial charge is 0.270 e. The summed E-state index contributed by atoms with van der Waals surface area (Å²) >= 11 is 0. The molecule has 1 aromatic heterocycles. The molecular formula is C18H18N4O7S. The zero-order chi connectivity index (χ0) is 21.9. The van der Waals surface area contributed by atoms with Gasteiger partial charge in [-0.25, -0.2) is 13.1 Å². The fourth-order valence-corrected chi connectivity index (χ4v) is 3.88. The average molecular weight is 434 g/mol. The Balaban J connectivity index is 1.79. The first-order valence-electron chi connectivity index (χ1n) is 8.55. The minimum absolute atomic E-state index is 0.0199. The normalized spacial score (nSPS) is 11.3. The summed E-state index contributed by atoms with van der Waals surface area (Å²) in [4.78, 5) is 14.2. The number of rotatable bonds is 8. The standard InChI is InChI=1S/C18H18N4O7S/c1-11-4-6-13(22(23)24)9-16(11)30(25,26)19-10-17-20-18(21-29-17)12-5-7-14(27-2)15(8-12)28-3/h4-9,19H,10H2,1-3H3. The van der Waals surface area contributed by atoms with Crippen LogP contribution in [0.5, 0.6) is 11.5 Å². The Bertz CT molecular complexity index is 1190. The molecule has 158 valence electrons. The molecule has 0 saturated heterocycles. The van der Waals surface area contributed by atoms with Gasteiger partial charge in [0.1, 0.15) is 0 Å². The van der Waals surface area contributed by atoms with Crippen LogP contribution < -0.4 is 14.2 Å². The highest BCUT2D eigenvalue weighted by molar-refractivity contribution is 7.89. The molecule has 0 amide bonds. The summed E-state index contributed by atoms with van der Waals surface area (Å²) in [6.45, 7) is 1.25. The second-order valence-corrected chi connectivity index (χ2v) is 7.85. The molecule has 1 heterocycles. The van der Waals surface area contributed by atoms with Crippen LogP contribution in [0.15, 0.2) is 45.8 Å². The first-order valence-corrected chi connectivity index (χ1v) is 10.0. The van der Waals surface area contributed by atoms with Crippen molar-refractivity contribution in [1.29, 1.82) is 0 Å². The van der Waals surface area contributed by atoms with Crippen molar-refractivity contribution < 1.29 is 27.3 Å². The van der Waals surface area contributed by atoms with E-state index >= 15 is 0 Å². The number of nitro benzene ring substituents is 1. The van der Waals surface area contributed by atoms with Crippen LogP contribution in [0.25, 0.3) is 11.4 Å². The number of ether oxygens (including phenoxy) is 2. The lowest BCUT2D eigenvalue weighted by Crippen LogP contribution is -2.24. The molecule has 3 rings (SSSR count). The van der Waals surface area contributed by atoms with Crippen molar-refractivity contribution >= 4 is 15.7 Å². The van der Waals surface area contributed by atoms with Gasteiger partial charge in [0, 0.05) is 17.7 Å². The van der Waals surface area contributed by atoms with Crippen molar-refractivity contribution in [2.75, 3.05) is 14.2 Å². The molecular weight excluding hydrogens is 416 g/mol. The third-order valence-electron chi connectivity index (χ3n) is 4.20. The SMILES string of the molecule is COc1ccc(-c2noc(CNS(=O)(=O)c3cc([N+](=O)[O-])ccc3C)n2)cc1OC. The molecule has 0 fully saturated rings. The number of nitrogens with one attached hydrogen (secondary N) is 1. The number of hydrogen-bond acceptors (Lipinski definition) is 9. The van der Waals surface area contributed by atoms with E-state index in [1.165, 1.54) is 26.4 Å². The summed E-state index contributed by atoms with van der Waals surface area (Å²) in [7, 11) is -1.03. The quantitative estimate of drug-likeness (QED) is 0.417. The Hall–Kier alpha value is -3.51. The van der Waals surface area contributed by atoms with Gasteiger partial charge in [-0.3, -0.25) is 10.1 Å². The molecule has 0 saturated carbocycles. The number of sulfonamides is 1. The molecule has 0 aliphatic heterocycles. The van der Waals surface area contributed by atoms with Crippen LogP contribution >= 0.6 is 0 Å². The maximum atomic E-state index is 12.6. The number of non-ortho nitro benzene ring substituents is 1. The molecule has 11 nitrogen and oxygen atoms in total. The lowest BCUT2D eigenvalue weighted by Gasteiger charge is -2.08. The number of hydrogen-bond donors (Lipinski definition) is 1. The topological polar surface area (TPSA) is 147 Å². The second-order valence-electron chi connectivity index (χ2n) is 6.11. The molecule has 1 N–H and O–H groups in total. The van der Waals surface area contributed by atoms with E-state index in [0.717, 1.165) is 6.07 Å². The Morgan fingerprint density at radius 2 is 1.87 bits per heavy atom. The third kappa shape index (κ3) is 4.39. The lowest BCUT2D eigenvalue weighted by atomic mass is 10.2. The van der Waals surface area contributed by atoms with Crippen LogP contribution in [0.3, 0.4) is 0 Å². The second kappa shape index (κ2) is 8.47. The van der Waals surface area contributed by atoms with Gasteiger partial charge in [0.15, 0.2) is 11.5 Å². The maximum Gasteiger partial charge on any atom is 0.270 e. The van der Waals surface area contributed by atoms with Crippen molar-refractivity contribution in [3.63, 3.8) is 0 Å². The summed E-state index contributed by atoms with van der Waals surface area (Å²) in [6.07, 6.45) is 0. The number of nitro groups is 1. The zero-order valence-electron chi connectivity index (χ0n) is 16.3. The molecule has 0 atom stereocenters. The number of methoxy groups -OCH3 is 2. The summed E-state index contributed by atoms with van der Waals surface area (Å²) in [6, 6.07) is 8.64. The van der Waals surface area contributed by atoms with Crippen LogP contribution in [0.4, 0.5) is 5.69 Å². The maximum absolute atomic E-state index is 12.6. The minimum Gasteiger partial charge on any atom is -0.493 e. The molecule has 3 aromatic rings. The largest absolute Gasteiger partial charge is 0.493 e. The molecule has 12 heteroatoms. The fourth-order valence-electron chi connectivity index (χ4n) is 2.65. The highest BCUT2D eigenvalue weighted by atomic mass is 32.2. The van der Waals surface area contributed by atoms with Gasteiger partial charge in [0.05, 0.1) is 30.6 Å². The van der Waals surface area contributed by atoms with Gasteiger partial charge in [0.25, 0.3) is 5.69 Å². The van der Waals surface area contributed by atoms with Crippen LogP contribution in [0, 0.1) is 17.0 Å². The van der Waals surface area contributed by atoms with E-state index in [-0.39, 0.29) is 28.8 Å². The van der Waals surface area contributed by atoms with Crippen molar-refractivity contribution in [2.45, 2.75) is 18.4 Å². The van der Waals surface area contributed by atoms with Crippen LogP contribution in [-0.2, 0) is 16.6 Å². The molecule has 2 aromatic carbocycles. The number of aryl methyl sites for hydroxylation is 1. The Morgan fingerprint density at radius 3 is 2.53 bits per heavy atom. The van der Waals surface area contributed by atoms with Gasteiger partial charge in [-0.15, -0.1) is 0 Å². The predicted octanol–water partition coefficient (Wildman–Crippen LogP) is 2.45. The third-order valence-corrected chi connectivity index (χ3v) is 5.74. The summed E-state index contributed by atoms with van der Waals surface area (Å²) in [5, 5.41) is 14.8. The van der Waals surface area contributed by atoms with Crippen molar-refractivity contribution in [3.8, 4) is 22.9 Å². The van der Waals surface area contributed by atoms with Crippen molar-refractivity contribution in [1.82, 2.24) is 14.9 Å². The van der Waals surface area contributed by atoms with Gasteiger partial charge in [-0.1, -0.05) is 11.2 Å². The fraction of sp³-hybridized carbons (Fsp3) is 0.222. The minimum atomic E-state index is -4.04. The highest BCUT2D eigenvalue weighted by Gasteiger charge is 2.21. The zero-order valence-corrected chi connectivity index (χ0v) is 17.1. The monoisotopic (exact) mass is 434 g/mol. The van der Waals surface area contributed by atoms with Crippen LogP contribution in [-0.4, -0.2) is 37.7 Å². The Labute approximate surface area is 171 Å². The lowest BCUT2D eigenvalue weighted by molar-refractivity contribution is -0.385. The molecule has 30 heavy (non-hydrogen) atoms. The van der Waals surface area contributed by atoms with E-state index in [9.17, 15) is 18.5 Å². The van der Waals surface area contributed by atoms with E-state index in [1.54, 1.807) is 25.1 Å². The predicted molar refractivity (Wildman–Crippen MR) is 105 cm³/mol. The summed E-state index contributed by atoms with van der Waals surface area (Å²) in [5.74, 6) is 1.26. The van der Waals surface area contributed by atoms with Gasteiger partial charge in [-0.05, 0) is 30.7 Å². The molecule has 0 aliphatic carbocycles. The van der Waals surface area contributed by atoms with Crippen molar-refractivity contribution in [3.05, 3.63) is 58.0 Å². The molecule has 0 radical (unpaired) electrons. The van der Waals surface area contributed by atoms with Gasteiger partial charge < -0.3 is 14.0 Å².